The largest absolute Gasteiger partial charge is 0.444 e. The van der Waals surface area contributed by atoms with Gasteiger partial charge in [0, 0.05) is 37.6 Å². The molecule has 0 spiro atoms. The lowest BCUT2D eigenvalue weighted by atomic mass is 9.96. The number of likely N-dealkylation sites (tertiary alicyclic amines) is 1. The highest BCUT2D eigenvalue weighted by Gasteiger charge is 2.28. The van der Waals surface area contributed by atoms with Crippen LogP contribution in [-0.4, -0.2) is 67.2 Å². The van der Waals surface area contributed by atoms with Crippen LogP contribution >= 0.6 is 24.0 Å². The quantitative estimate of drug-likeness (QED) is 0.222. The Morgan fingerprint density at radius 3 is 2.34 bits per heavy atom. The number of nitrogens with zero attached hydrogens (tertiary/aromatic N) is 2. The summed E-state index contributed by atoms with van der Waals surface area (Å²) < 4.78 is 5.48. The van der Waals surface area contributed by atoms with Crippen LogP contribution in [0.3, 0.4) is 0 Å². The van der Waals surface area contributed by atoms with Gasteiger partial charge in [-0.2, -0.15) is 0 Å². The lowest BCUT2D eigenvalue weighted by Gasteiger charge is -2.35. The maximum atomic E-state index is 12.3. The highest BCUT2D eigenvalue weighted by Crippen LogP contribution is 2.15. The zero-order valence-electron chi connectivity index (χ0n) is 19.1. The number of ether oxygens (including phenoxy) is 1. The number of hydrogen-bond donors (Lipinski definition) is 3. The topological polar surface area (TPSA) is 95.1 Å². The molecule has 0 aliphatic carbocycles. The van der Waals surface area contributed by atoms with E-state index in [0.29, 0.717) is 32.1 Å². The average molecular weight is 525 g/mol. The number of amides is 2. The van der Waals surface area contributed by atoms with Gasteiger partial charge in [-0.05, 0) is 40.5 Å². The second kappa shape index (κ2) is 12.4. The molecule has 0 saturated carbocycles. The number of carbonyl (C=O) groups excluding carboxylic acids is 2. The third-order valence-corrected chi connectivity index (χ3v) is 4.11. The molecule has 1 rings (SSSR count). The molecule has 9 heteroatoms. The molecule has 1 heterocycles. The molecule has 1 aliphatic rings. The Balaban J connectivity index is 0.00000784. The van der Waals surface area contributed by atoms with Crippen molar-refractivity contribution >= 4 is 41.9 Å². The van der Waals surface area contributed by atoms with Gasteiger partial charge in [-0.1, -0.05) is 20.8 Å². The molecule has 3 N–H and O–H groups in total. The minimum Gasteiger partial charge on any atom is -0.444 e. The van der Waals surface area contributed by atoms with Gasteiger partial charge in [0.25, 0.3) is 0 Å². The number of rotatable bonds is 5. The van der Waals surface area contributed by atoms with Crippen molar-refractivity contribution in [3.05, 3.63) is 0 Å². The summed E-state index contributed by atoms with van der Waals surface area (Å²) in [4.78, 5) is 30.5. The first-order valence-electron chi connectivity index (χ1n) is 10.2. The van der Waals surface area contributed by atoms with Crippen molar-refractivity contribution in [3.8, 4) is 0 Å². The predicted octanol–water partition coefficient (Wildman–Crippen LogP) is 2.72. The maximum Gasteiger partial charge on any atom is 0.410 e. The molecule has 1 saturated heterocycles. The molecule has 1 unspecified atom stereocenters. The van der Waals surface area contributed by atoms with Crippen LogP contribution in [-0.2, 0) is 9.53 Å². The fourth-order valence-electron chi connectivity index (χ4n) is 2.70. The molecule has 1 atom stereocenters. The van der Waals surface area contributed by atoms with Crippen LogP contribution in [0.4, 0.5) is 4.79 Å². The summed E-state index contributed by atoms with van der Waals surface area (Å²) in [6.45, 7) is 16.3. The molecule has 8 nitrogen and oxygen atoms in total. The molecular weight excluding hydrogens is 485 g/mol. The van der Waals surface area contributed by atoms with Crippen LogP contribution in [0.1, 0.15) is 61.3 Å². The predicted molar refractivity (Wildman–Crippen MR) is 128 cm³/mol. The van der Waals surface area contributed by atoms with Gasteiger partial charge in [0.05, 0.1) is 6.54 Å². The van der Waals surface area contributed by atoms with Gasteiger partial charge in [0.15, 0.2) is 5.96 Å². The second-order valence-electron chi connectivity index (χ2n) is 9.18. The number of guanidine groups is 1. The summed E-state index contributed by atoms with van der Waals surface area (Å²) in [6.07, 6.45) is 1.61. The van der Waals surface area contributed by atoms with Crippen molar-refractivity contribution < 1.29 is 14.3 Å². The first-order chi connectivity index (χ1) is 12.9. The van der Waals surface area contributed by atoms with Gasteiger partial charge in [-0.3, -0.25) is 9.79 Å². The van der Waals surface area contributed by atoms with Gasteiger partial charge in [-0.15, -0.1) is 24.0 Å². The minimum atomic E-state index is -0.495. The first-order valence-corrected chi connectivity index (χ1v) is 10.2. The maximum absolute atomic E-state index is 12.3. The van der Waals surface area contributed by atoms with E-state index in [9.17, 15) is 9.59 Å². The Kier molecular flexibility index (Phi) is 11.9. The van der Waals surface area contributed by atoms with E-state index in [-0.39, 0.29) is 42.0 Å². The van der Waals surface area contributed by atoms with E-state index in [4.69, 9.17) is 4.74 Å². The third kappa shape index (κ3) is 11.5. The van der Waals surface area contributed by atoms with Crippen LogP contribution < -0.4 is 16.0 Å². The first kappa shape index (κ1) is 27.7. The zero-order valence-corrected chi connectivity index (χ0v) is 21.4. The third-order valence-electron chi connectivity index (χ3n) is 4.11. The van der Waals surface area contributed by atoms with Crippen molar-refractivity contribution in [2.45, 2.75) is 73.0 Å². The number of hydrogen-bond acceptors (Lipinski definition) is 4. The van der Waals surface area contributed by atoms with Crippen LogP contribution in [0.5, 0.6) is 0 Å². The SMILES string of the molecule is CCNC(=NCCNC(=O)C(C)(C)C)NC1CCCN(C(=O)OC(C)(C)C)C1.I. The van der Waals surface area contributed by atoms with Gasteiger partial charge in [0.1, 0.15) is 5.60 Å². The molecule has 0 aromatic rings. The lowest BCUT2D eigenvalue weighted by Crippen LogP contribution is -2.53. The van der Waals surface area contributed by atoms with Crippen LogP contribution in [0, 0.1) is 5.41 Å². The minimum absolute atomic E-state index is 0. The van der Waals surface area contributed by atoms with Crippen molar-refractivity contribution in [1.29, 1.82) is 0 Å². The summed E-state index contributed by atoms with van der Waals surface area (Å²) in [5, 5.41) is 9.52. The van der Waals surface area contributed by atoms with Gasteiger partial charge < -0.3 is 25.6 Å². The van der Waals surface area contributed by atoms with Gasteiger partial charge >= 0.3 is 6.09 Å². The Morgan fingerprint density at radius 2 is 1.79 bits per heavy atom. The summed E-state index contributed by atoms with van der Waals surface area (Å²) in [6, 6.07) is 0.114. The number of nitrogens with one attached hydrogen (secondary N) is 3. The van der Waals surface area contributed by atoms with Crippen molar-refractivity contribution in [1.82, 2.24) is 20.9 Å². The van der Waals surface area contributed by atoms with E-state index in [1.165, 1.54) is 0 Å². The zero-order chi connectivity index (χ0) is 21.4. The fourth-order valence-corrected chi connectivity index (χ4v) is 2.70. The van der Waals surface area contributed by atoms with Crippen molar-refractivity contribution in [2.75, 3.05) is 32.7 Å². The Hall–Kier alpha value is -1.26. The summed E-state index contributed by atoms with van der Waals surface area (Å²) >= 11 is 0. The monoisotopic (exact) mass is 525 g/mol. The summed E-state index contributed by atoms with van der Waals surface area (Å²) in [7, 11) is 0. The normalized spacial score (nSPS) is 17.8. The molecule has 1 aliphatic heterocycles. The molecule has 0 aromatic heterocycles. The Bertz CT molecular complexity index is 555. The molecular formula is C20H40IN5O3. The van der Waals surface area contributed by atoms with Crippen molar-refractivity contribution in [2.24, 2.45) is 10.4 Å². The number of carbonyl (C=O) groups is 2. The van der Waals surface area contributed by atoms with Crippen LogP contribution in [0.2, 0.25) is 0 Å². The highest BCUT2D eigenvalue weighted by atomic mass is 127. The van der Waals surface area contributed by atoms with E-state index in [2.05, 4.69) is 20.9 Å². The van der Waals surface area contributed by atoms with E-state index in [1.807, 2.05) is 48.5 Å². The van der Waals surface area contributed by atoms with Gasteiger partial charge in [0.2, 0.25) is 5.91 Å². The van der Waals surface area contributed by atoms with Crippen molar-refractivity contribution in [3.63, 3.8) is 0 Å². The van der Waals surface area contributed by atoms with E-state index >= 15 is 0 Å². The standard InChI is InChI=1S/C20H39N5O3.HI/c1-8-21-17(23-12-11-22-16(26)19(2,3)4)24-15-10-9-13-25(14-15)18(27)28-20(5,6)7;/h15H,8-14H2,1-7H3,(H,22,26)(H2,21,23,24);1H. The molecule has 0 aromatic carbocycles. The van der Waals surface area contributed by atoms with Crippen LogP contribution in [0.15, 0.2) is 4.99 Å². The number of halogens is 1. The van der Waals surface area contributed by atoms with Crippen LogP contribution in [0.25, 0.3) is 0 Å². The Labute approximate surface area is 193 Å². The van der Waals surface area contributed by atoms with E-state index in [0.717, 1.165) is 19.4 Å². The molecule has 170 valence electrons. The highest BCUT2D eigenvalue weighted by molar-refractivity contribution is 14.0. The molecule has 2 amide bonds. The molecule has 29 heavy (non-hydrogen) atoms. The average Bonchev–Trinajstić information content (AvgIpc) is 2.56. The molecule has 0 radical (unpaired) electrons. The summed E-state index contributed by atoms with van der Waals surface area (Å²) in [5.41, 5.74) is -0.898. The molecule has 1 fully saturated rings. The second-order valence-corrected chi connectivity index (χ2v) is 9.18. The fraction of sp³-hybridized carbons (Fsp3) is 0.850. The molecule has 0 bridgehead atoms. The van der Waals surface area contributed by atoms with Gasteiger partial charge in [-0.25, -0.2) is 4.79 Å². The van der Waals surface area contributed by atoms with E-state index in [1.54, 1.807) is 4.90 Å². The number of aliphatic imine (C=N–C) groups is 1. The van der Waals surface area contributed by atoms with E-state index < -0.39 is 11.0 Å². The smallest absolute Gasteiger partial charge is 0.410 e. The Morgan fingerprint density at radius 1 is 1.14 bits per heavy atom. The number of piperidine rings is 1. The summed E-state index contributed by atoms with van der Waals surface area (Å²) in [5.74, 6) is 0.712. The lowest BCUT2D eigenvalue weighted by molar-refractivity contribution is -0.128.